The first-order valence-electron chi connectivity index (χ1n) is 5.05. The van der Waals surface area contributed by atoms with Crippen LogP contribution in [0.3, 0.4) is 0 Å². The van der Waals surface area contributed by atoms with Crippen LogP contribution in [0.1, 0.15) is 5.56 Å². The van der Waals surface area contributed by atoms with Gasteiger partial charge in [0.1, 0.15) is 5.82 Å². The Morgan fingerprint density at radius 2 is 1.59 bits per heavy atom. The van der Waals surface area contributed by atoms with Crippen molar-refractivity contribution in [3.8, 4) is 11.1 Å². The van der Waals surface area contributed by atoms with Gasteiger partial charge in [0, 0.05) is 11.6 Å². The van der Waals surface area contributed by atoms with Gasteiger partial charge in [-0.3, -0.25) is 0 Å². The summed E-state index contributed by atoms with van der Waals surface area (Å²) in [5, 5.41) is 0.733. The number of hydrogen-bond acceptors (Lipinski definition) is 1. The molecule has 0 radical (unpaired) electrons. The van der Waals surface area contributed by atoms with Gasteiger partial charge in [-0.1, -0.05) is 35.3 Å². The highest BCUT2D eigenvalue weighted by atomic mass is 35.5. The molecule has 1 nitrogen and oxygen atoms in total. The Bertz CT molecular complexity index is 555. The van der Waals surface area contributed by atoms with E-state index in [9.17, 15) is 4.39 Å². The summed E-state index contributed by atoms with van der Waals surface area (Å²) in [5.41, 5.74) is 8.18. The fraction of sp³-hybridized carbons (Fsp3) is 0.0769. The number of benzene rings is 2. The van der Waals surface area contributed by atoms with Gasteiger partial charge in [-0.05, 0) is 41.0 Å². The molecule has 0 amide bonds. The van der Waals surface area contributed by atoms with Crippen LogP contribution in [-0.2, 0) is 6.54 Å². The molecule has 0 atom stereocenters. The van der Waals surface area contributed by atoms with Crippen LogP contribution in [0.2, 0.25) is 10.0 Å². The number of nitrogens with two attached hydrogens (primary N) is 1. The van der Waals surface area contributed by atoms with Gasteiger partial charge in [-0.25, -0.2) is 4.39 Å². The summed E-state index contributed by atoms with van der Waals surface area (Å²) in [6, 6.07) is 10.1. The molecule has 2 rings (SSSR count). The van der Waals surface area contributed by atoms with Crippen LogP contribution < -0.4 is 5.73 Å². The maximum absolute atomic E-state index is 13.1. The van der Waals surface area contributed by atoms with Crippen LogP contribution in [-0.4, -0.2) is 0 Å². The van der Waals surface area contributed by atoms with Crippen molar-refractivity contribution >= 4 is 23.2 Å². The summed E-state index contributed by atoms with van der Waals surface area (Å²) in [6.07, 6.45) is 0. The molecule has 0 aliphatic rings. The van der Waals surface area contributed by atoms with E-state index < -0.39 is 5.82 Å². The van der Waals surface area contributed by atoms with Crippen LogP contribution in [0.15, 0.2) is 36.4 Å². The Labute approximate surface area is 109 Å². The summed E-state index contributed by atoms with van der Waals surface area (Å²) < 4.78 is 13.1. The normalized spacial score (nSPS) is 10.6. The van der Waals surface area contributed by atoms with Gasteiger partial charge < -0.3 is 5.73 Å². The van der Waals surface area contributed by atoms with Gasteiger partial charge in [0.25, 0.3) is 0 Å². The quantitative estimate of drug-likeness (QED) is 0.866. The zero-order chi connectivity index (χ0) is 12.4. The summed E-state index contributed by atoms with van der Waals surface area (Å²) in [7, 11) is 0. The molecule has 0 unspecified atom stereocenters. The van der Waals surface area contributed by atoms with Gasteiger partial charge in [-0.2, -0.15) is 0 Å². The van der Waals surface area contributed by atoms with Crippen molar-refractivity contribution in [1.29, 1.82) is 0 Å². The average Bonchev–Trinajstić information content (AvgIpc) is 2.33. The van der Waals surface area contributed by atoms with E-state index in [0.717, 1.165) is 16.7 Å². The minimum Gasteiger partial charge on any atom is -0.326 e. The van der Waals surface area contributed by atoms with Gasteiger partial charge in [0.2, 0.25) is 0 Å². The van der Waals surface area contributed by atoms with Crippen molar-refractivity contribution in [2.24, 2.45) is 5.73 Å². The van der Waals surface area contributed by atoms with E-state index in [-0.39, 0.29) is 5.02 Å². The molecule has 0 aliphatic heterocycles. The molecule has 0 aliphatic carbocycles. The fourth-order valence-corrected chi connectivity index (χ4v) is 1.96. The zero-order valence-electron chi connectivity index (χ0n) is 8.88. The lowest BCUT2D eigenvalue weighted by atomic mass is 10.0. The molecule has 17 heavy (non-hydrogen) atoms. The van der Waals surface area contributed by atoms with Crippen molar-refractivity contribution in [2.45, 2.75) is 6.54 Å². The lowest BCUT2D eigenvalue weighted by Gasteiger charge is -2.07. The van der Waals surface area contributed by atoms with E-state index in [1.807, 2.05) is 12.1 Å². The summed E-state index contributed by atoms with van der Waals surface area (Å²) in [6.45, 7) is 0.363. The number of hydrogen-bond donors (Lipinski definition) is 1. The molecular formula is C13H10Cl2FN. The second-order valence-electron chi connectivity index (χ2n) is 3.64. The van der Waals surface area contributed by atoms with Crippen LogP contribution in [0.25, 0.3) is 11.1 Å². The largest absolute Gasteiger partial charge is 0.326 e. The highest BCUT2D eigenvalue weighted by Gasteiger charge is 2.05. The van der Waals surface area contributed by atoms with Gasteiger partial charge in [0.05, 0.1) is 5.02 Å². The lowest BCUT2D eigenvalue weighted by Crippen LogP contribution is -1.97. The minimum atomic E-state index is -0.427. The molecule has 0 saturated carbocycles. The molecule has 0 saturated heterocycles. The van der Waals surface area contributed by atoms with E-state index >= 15 is 0 Å². The second kappa shape index (κ2) is 5.05. The predicted octanol–water partition coefficient (Wildman–Crippen LogP) is 4.26. The fourth-order valence-electron chi connectivity index (χ4n) is 1.59. The molecule has 2 aromatic rings. The number of rotatable bonds is 2. The third kappa shape index (κ3) is 2.60. The Balaban J connectivity index is 2.49. The predicted molar refractivity (Wildman–Crippen MR) is 69.7 cm³/mol. The molecular weight excluding hydrogens is 260 g/mol. The van der Waals surface area contributed by atoms with Crippen molar-refractivity contribution in [2.75, 3.05) is 0 Å². The minimum absolute atomic E-state index is 0.103. The smallest absolute Gasteiger partial charge is 0.141 e. The van der Waals surface area contributed by atoms with Crippen LogP contribution >= 0.6 is 23.2 Å². The molecule has 2 N–H and O–H groups in total. The average molecular weight is 270 g/mol. The highest BCUT2D eigenvalue weighted by molar-refractivity contribution is 6.31. The molecule has 2 aromatic carbocycles. The summed E-state index contributed by atoms with van der Waals surface area (Å²) in [4.78, 5) is 0. The zero-order valence-corrected chi connectivity index (χ0v) is 10.4. The van der Waals surface area contributed by atoms with Crippen LogP contribution in [0.4, 0.5) is 4.39 Å². The maximum Gasteiger partial charge on any atom is 0.141 e. The first-order valence-corrected chi connectivity index (χ1v) is 5.81. The standard InChI is InChI=1S/C13H10Cl2FN/c14-11-3-1-8(5-10(11)7-17)9-2-4-13(16)12(15)6-9/h1-6H,7,17H2. The van der Waals surface area contributed by atoms with Gasteiger partial charge >= 0.3 is 0 Å². The van der Waals surface area contributed by atoms with E-state index in [1.165, 1.54) is 6.07 Å². The topological polar surface area (TPSA) is 26.0 Å². The monoisotopic (exact) mass is 269 g/mol. The molecule has 88 valence electrons. The van der Waals surface area contributed by atoms with Crippen LogP contribution in [0.5, 0.6) is 0 Å². The van der Waals surface area contributed by atoms with E-state index in [0.29, 0.717) is 11.6 Å². The second-order valence-corrected chi connectivity index (χ2v) is 4.45. The molecule has 0 fully saturated rings. The first-order chi connectivity index (χ1) is 8.11. The summed E-state index contributed by atoms with van der Waals surface area (Å²) in [5.74, 6) is -0.427. The molecule has 0 aromatic heterocycles. The van der Waals surface area contributed by atoms with Crippen molar-refractivity contribution in [1.82, 2.24) is 0 Å². The van der Waals surface area contributed by atoms with E-state index in [4.69, 9.17) is 28.9 Å². The van der Waals surface area contributed by atoms with Crippen LogP contribution in [0, 0.1) is 5.82 Å². The molecule has 0 spiro atoms. The Hall–Kier alpha value is -1.09. The van der Waals surface area contributed by atoms with Crippen molar-refractivity contribution in [3.05, 3.63) is 57.8 Å². The Morgan fingerprint density at radius 1 is 0.941 bits per heavy atom. The summed E-state index contributed by atoms with van der Waals surface area (Å²) >= 11 is 11.7. The third-order valence-corrected chi connectivity index (χ3v) is 3.18. The SMILES string of the molecule is NCc1cc(-c2ccc(F)c(Cl)c2)ccc1Cl. The Kier molecular flexibility index (Phi) is 3.67. The maximum atomic E-state index is 13.1. The van der Waals surface area contributed by atoms with Gasteiger partial charge in [0.15, 0.2) is 0 Å². The van der Waals surface area contributed by atoms with E-state index in [1.54, 1.807) is 18.2 Å². The number of halogens is 3. The Morgan fingerprint density at radius 3 is 2.24 bits per heavy atom. The molecule has 0 bridgehead atoms. The third-order valence-electron chi connectivity index (χ3n) is 2.52. The van der Waals surface area contributed by atoms with Crippen molar-refractivity contribution < 1.29 is 4.39 Å². The van der Waals surface area contributed by atoms with Crippen molar-refractivity contribution in [3.63, 3.8) is 0 Å². The molecule has 0 heterocycles. The lowest BCUT2D eigenvalue weighted by molar-refractivity contribution is 0.628. The highest BCUT2D eigenvalue weighted by Crippen LogP contribution is 2.28. The first kappa shape index (κ1) is 12.4. The molecule has 4 heteroatoms. The van der Waals surface area contributed by atoms with Gasteiger partial charge in [-0.15, -0.1) is 0 Å². The van der Waals surface area contributed by atoms with E-state index in [2.05, 4.69) is 0 Å².